The zero-order valence-electron chi connectivity index (χ0n) is 13.4. The van der Waals surface area contributed by atoms with Gasteiger partial charge in [-0.3, -0.25) is 4.31 Å². The first-order valence-corrected chi connectivity index (χ1v) is 10.7. The van der Waals surface area contributed by atoms with Gasteiger partial charge in [-0.25, -0.2) is 8.42 Å². The van der Waals surface area contributed by atoms with Crippen LogP contribution in [0.4, 0.5) is 11.4 Å². The van der Waals surface area contributed by atoms with Gasteiger partial charge in [-0.2, -0.15) is 0 Å². The normalized spacial score (nSPS) is 13.4. The van der Waals surface area contributed by atoms with Gasteiger partial charge in [-0.15, -0.1) is 11.3 Å². The van der Waals surface area contributed by atoms with Gasteiger partial charge in [0.2, 0.25) is 0 Å². The van der Waals surface area contributed by atoms with Crippen molar-refractivity contribution in [2.45, 2.75) is 18.4 Å². The van der Waals surface area contributed by atoms with Crippen LogP contribution in [0.1, 0.15) is 11.1 Å². The molecule has 4 rings (SSSR count). The largest absolute Gasteiger partial charge is 0.398 e. The van der Waals surface area contributed by atoms with Crippen molar-refractivity contribution < 1.29 is 8.42 Å². The van der Waals surface area contributed by atoms with Gasteiger partial charge in [0.25, 0.3) is 10.0 Å². The molecule has 1 aliphatic rings. The summed E-state index contributed by atoms with van der Waals surface area (Å²) in [6.07, 6.45) is 0. The highest BCUT2D eigenvalue weighted by molar-refractivity contribution is 9.11. The molecule has 2 aromatic carbocycles. The van der Waals surface area contributed by atoms with E-state index in [1.807, 2.05) is 43.3 Å². The van der Waals surface area contributed by atoms with Gasteiger partial charge >= 0.3 is 0 Å². The maximum absolute atomic E-state index is 13.2. The van der Waals surface area contributed by atoms with E-state index < -0.39 is 10.0 Å². The number of aryl methyl sites for hydroxylation is 1. The molecule has 0 spiro atoms. The molecule has 7 heteroatoms. The summed E-state index contributed by atoms with van der Waals surface area (Å²) in [7, 11) is -3.66. The Morgan fingerprint density at radius 1 is 1.16 bits per heavy atom. The fourth-order valence-electron chi connectivity index (χ4n) is 3.04. The molecule has 25 heavy (non-hydrogen) atoms. The summed E-state index contributed by atoms with van der Waals surface area (Å²) in [5.74, 6) is 0. The van der Waals surface area contributed by atoms with Crippen molar-refractivity contribution in [2.75, 3.05) is 10.0 Å². The first kappa shape index (κ1) is 16.6. The lowest BCUT2D eigenvalue weighted by Crippen LogP contribution is -2.32. The lowest BCUT2D eigenvalue weighted by atomic mass is 10.00. The third-order valence-corrected chi connectivity index (χ3v) is 7.70. The number of benzene rings is 2. The van der Waals surface area contributed by atoms with Crippen LogP contribution >= 0.6 is 27.3 Å². The second kappa shape index (κ2) is 5.86. The SMILES string of the molecule is Cc1ccc(S(=O)(=O)N2Cc3cccc(N)c3-c3sc(Br)cc32)cc1. The molecular weight excluding hydrogens is 420 g/mol. The topological polar surface area (TPSA) is 63.4 Å². The zero-order valence-corrected chi connectivity index (χ0v) is 16.6. The van der Waals surface area contributed by atoms with Gasteiger partial charge in [0.05, 0.1) is 25.8 Å². The predicted molar refractivity (Wildman–Crippen MR) is 106 cm³/mol. The quantitative estimate of drug-likeness (QED) is 0.590. The van der Waals surface area contributed by atoms with Gasteiger partial charge in [0, 0.05) is 11.3 Å². The third kappa shape index (κ3) is 2.67. The second-order valence-electron chi connectivity index (χ2n) is 5.97. The molecule has 0 amide bonds. The summed E-state index contributed by atoms with van der Waals surface area (Å²) in [5.41, 5.74) is 10.4. The molecule has 0 fully saturated rings. The van der Waals surface area contributed by atoms with Crippen molar-refractivity contribution in [3.8, 4) is 10.4 Å². The van der Waals surface area contributed by atoms with E-state index in [1.54, 1.807) is 12.1 Å². The van der Waals surface area contributed by atoms with E-state index >= 15 is 0 Å². The van der Waals surface area contributed by atoms with Crippen LogP contribution in [-0.2, 0) is 16.6 Å². The Kier molecular flexibility index (Phi) is 3.90. The summed E-state index contributed by atoms with van der Waals surface area (Å²) in [6, 6.07) is 14.4. The zero-order chi connectivity index (χ0) is 17.8. The summed E-state index contributed by atoms with van der Waals surface area (Å²) in [5, 5.41) is 0. The van der Waals surface area contributed by atoms with Gasteiger partial charge < -0.3 is 5.73 Å². The molecule has 0 atom stereocenters. The molecular formula is C18H15BrN2O2S2. The number of rotatable bonds is 2. The molecule has 0 bridgehead atoms. The highest BCUT2D eigenvalue weighted by Crippen LogP contribution is 2.49. The smallest absolute Gasteiger partial charge is 0.264 e. The van der Waals surface area contributed by atoms with Gasteiger partial charge in [0.1, 0.15) is 0 Å². The number of sulfonamides is 1. The summed E-state index contributed by atoms with van der Waals surface area (Å²) >= 11 is 4.98. The first-order valence-electron chi connectivity index (χ1n) is 7.64. The van der Waals surface area contributed by atoms with Crippen molar-refractivity contribution in [2.24, 2.45) is 0 Å². The van der Waals surface area contributed by atoms with Crippen LogP contribution in [0.2, 0.25) is 0 Å². The Labute approximate surface area is 159 Å². The molecule has 2 heterocycles. The number of nitrogen functional groups attached to an aromatic ring is 1. The van der Waals surface area contributed by atoms with Crippen LogP contribution in [0.3, 0.4) is 0 Å². The van der Waals surface area contributed by atoms with E-state index in [0.717, 1.165) is 25.4 Å². The van der Waals surface area contributed by atoms with Crippen molar-refractivity contribution in [1.29, 1.82) is 0 Å². The van der Waals surface area contributed by atoms with Gasteiger partial charge in [0.15, 0.2) is 0 Å². The van der Waals surface area contributed by atoms with Crippen LogP contribution < -0.4 is 10.0 Å². The van der Waals surface area contributed by atoms with E-state index in [-0.39, 0.29) is 6.54 Å². The Balaban J connectivity index is 1.91. The Morgan fingerprint density at radius 3 is 2.60 bits per heavy atom. The lowest BCUT2D eigenvalue weighted by Gasteiger charge is -2.30. The minimum absolute atomic E-state index is 0.271. The first-order chi connectivity index (χ1) is 11.9. The fourth-order valence-corrected chi connectivity index (χ4v) is 6.23. The number of anilines is 2. The Morgan fingerprint density at radius 2 is 1.88 bits per heavy atom. The number of fused-ring (bicyclic) bond motifs is 3. The highest BCUT2D eigenvalue weighted by Gasteiger charge is 2.34. The number of thiophene rings is 1. The van der Waals surface area contributed by atoms with Crippen LogP contribution in [0, 0.1) is 6.92 Å². The van der Waals surface area contributed by atoms with E-state index in [1.165, 1.54) is 15.6 Å². The number of nitrogens with zero attached hydrogens (tertiary/aromatic N) is 1. The molecule has 1 aromatic heterocycles. The van der Waals surface area contributed by atoms with Crippen molar-refractivity contribution in [3.05, 3.63) is 63.4 Å². The van der Waals surface area contributed by atoms with Crippen molar-refractivity contribution >= 4 is 48.7 Å². The number of halogens is 1. The van der Waals surface area contributed by atoms with Crippen LogP contribution in [-0.4, -0.2) is 8.42 Å². The fraction of sp³-hybridized carbons (Fsp3) is 0.111. The Hall–Kier alpha value is -1.83. The summed E-state index contributed by atoms with van der Waals surface area (Å²) in [4.78, 5) is 1.17. The maximum Gasteiger partial charge on any atom is 0.264 e. The van der Waals surface area contributed by atoms with Crippen molar-refractivity contribution in [1.82, 2.24) is 0 Å². The van der Waals surface area contributed by atoms with E-state index in [2.05, 4.69) is 15.9 Å². The van der Waals surface area contributed by atoms with Crippen LogP contribution in [0.15, 0.2) is 57.2 Å². The third-order valence-electron chi connectivity index (χ3n) is 4.28. The minimum atomic E-state index is -3.66. The lowest BCUT2D eigenvalue weighted by molar-refractivity contribution is 0.590. The molecule has 128 valence electrons. The van der Waals surface area contributed by atoms with E-state index in [0.29, 0.717) is 16.3 Å². The molecule has 2 N–H and O–H groups in total. The summed E-state index contributed by atoms with van der Waals surface area (Å²) in [6.45, 7) is 2.21. The van der Waals surface area contributed by atoms with E-state index in [9.17, 15) is 8.42 Å². The molecule has 0 unspecified atom stereocenters. The highest BCUT2D eigenvalue weighted by atomic mass is 79.9. The number of hydrogen-bond acceptors (Lipinski definition) is 4. The summed E-state index contributed by atoms with van der Waals surface area (Å²) < 4.78 is 28.8. The average Bonchev–Trinajstić information content (AvgIpc) is 2.95. The van der Waals surface area contributed by atoms with Gasteiger partial charge in [-0.1, -0.05) is 29.8 Å². The molecule has 0 saturated heterocycles. The molecule has 1 aliphatic heterocycles. The number of nitrogens with two attached hydrogens (primary N) is 1. The average molecular weight is 435 g/mol. The molecule has 3 aromatic rings. The molecule has 0 aliphatic carbocycles. The Bertz CT molecular complexity index is 1070. The van der Waals surface area contributed by atoms with Crippen LogP contribution in [0.5, 0.6) is 0 Å². The standard InChI is InChI=1S/C18H15BrN2O2S2/c1-11-5-7-13(8-6-11)25(22,23)21-10-12-3-2-4-14(20)17(12)18-15(21)9-16(19)24-18/h2-9H,10,20H2,1H3. The molecule has 0 saturated carbocycles. The van der Waals surface area contributed by atoms with Gasteiger partial charge in [-0.05, 0) is 52.7 Å². The minimum Gasteiger partial charge on any atom is -0.398 e. The predicted octanol–water partition coefficient (Wildman–Crippen LogP) is 4.78. The second-order valence-corrected chi connectivity index (χ2v) is 10.3. The van der Waals surface area contributed by atoms with E-state index in [4.69, 9.17) is 5.73 Å². The van der Waals surface area contributed by atoms with Crippen molar-refractivity contribution in [3.63, 3.8) is 0 Å². The maximum atomic E-state index is 13.2. The molecule has 4 nitrogen and oxygen atoms in total. The molecule has 0 radical (unpaired) electrons. The number of hydrogen-bond donors (Lipinski definition) is 1. The monoisotopic (exact) mass is 434 g/mol. The van der Waals surface area contributed by atoms with Crippen LogP contribution in [0.25, 0.3) is 10.4 Å².